The van der Waals surface area contributed by atoms with Gasteiger partial charge in [-0.15, -0.1) is 0 Å². The minimum atomic E-state index is -0.519. The number of nitrogens with one attached hydrogen (secondary N) is 1. The summed E-state index contributed by atoms with van der Waals surface area (Å²) in [5.41, 5.74) is 0.416. The van der Waals surface area contributed by atoms with Gasteiger partial charge < -0.3 is 9.72 Å². The minimum Gasteiger partial charge on any atom is -0.461 e. The van der Waals surface area contributed by atoms with Crippen molar-refractivity contribution in [1.82, 2.24) is 4.98 Å². The molecule has 0 aliphatic rings. The van der Waals surface area contributed by atoms with E-state index in [-0.39, 0.29) is 17.8 Å². The first-order valence-electron chi connectivity index (χ1n) is 4.77. The molecular weight excluding hydrogens is 233 g/mol. The van der Waals surface area contributed by atoms with Crippen LogP contribution in [-0.2, 0) is 4.74 Å². The number of hydrogen-bond acceptors (Lipinski definition) is 2. The van der Waals surface area contributed by atoms with Gasteiger partial charge in [-0.05, 0) is 25.1 Å². The summed E-state index contributed by atoms with van der Waals surface area (Å²) in [5, 5.41) is 0.868. The Hall–Kier alpha value is -1.55. The SMILES string of the molecule is CCOC(=O)c1cc2c(Cl)ccc(F)c2[nH]1. The van der Waals surface area contributed by atoms with Crippen LogP contribution in [0.2, 0.25) is 5.02 Å². The largest absolute Gasteiger partial charge is 0.461 e. The zero-order valence-electron chi connectivity index (χ0n) is 8.51. The molecule has 2 aromatic rings. The molecule has 5 heteroatoms. The predicted molar refractivity (Wildman–Crippen MR) is 59.2 cm³/mol. The molecule has 1 heterocycles. The van der Waals surface area contributed by atoms with Gasteiger partial charge in [0, 0.05) is 5.39 Å². The number of H-pyrrole nitrogens is 1. The van der Waals surface area contributed by atoms with Gasteiger partial charge in [0.15, 0.2) is 0 Å². The molecule has 84 valence electrons. The Bertz CT molecular complexity index is 511. The quantitative estimate of drug-likeness (QED) is 0.821. The van der Waals surface area contributed by atoms with Crippen LogP contribution < -0.4 is 0 Å². The summed E-state index contributed by atoms with van der Waals surface area (Å²) in [6.45, 7) is 1.97. The van der Waals surface area contributed by atoms with E-state index in [0.717, 1.165) is 0 Å². The number of carbonyl (C=O) groups is 1. The van der Waals surface area contributed by atoms with Crippen molar-refractivity contribution < 1.29 is 13.9 Å². The maximum Gasteiger partial charge on any atom is 0.354 e. The van der Waals surface area contributed by atoms with Crippen molar-refractivity contribution in [2.75, 3.05) is 6.61 Å². The van der Waals surface area contributed by atoms with Crippen LogP contribution >= 0.6 is 11.6 Å². The first kappa shape index (κ1) is 11.0. The number of aromatic nitrogens is 1. The summed E-state index contributed by atoms with van der Waals surface area (Å²) >= 11 is 5.89. The average molecular weight is 242 g/mol. The van der Waals surface area contributed by atoms with Crippen molar-refractivity contribution in [3.63, 3.8) is 0 Å². The number of rotatable bonds is 2. The molecule has 0 unspecified atom stereocenters. The molecule has 0 aliphatic heterocycles. The Kier molecular flexibility index (Phi) is 2.83. The lowest BCUT2D eigenvalue weighted by Gasteiger charge is -1.96. The molecule has 3 nitrogen and oxygen atoms in total. The summed E-state index contributed by atoms with van der Waals surface area (Å²) in [7, 11) is 0. The fourth-order valence-corrected chi connectivity index (χ4v) is 1.68. The molecule has 0 saturated carbocycles. The third-order valence-corrected chi connectivity index (χ3v) is 2.51. The van der Waals surface area contributed by atoms with Crippen LogP contribution in [0.25, 0.3) is 10.9 Å². The first-order chi connectivity index (χ1) is 7.63. The molecule has 0 bridgehead atoms. The summed E-state index contributed by atoms with van der Waals surface area (Å²) in [6, 6.07) is 4.18. The molecule has 2 rings (SSSR count). The number of halogens is 2. The van der Waals surface area contributed by atoms with Gasteiger partial charge in [-0.25, -0.2) is 9.18 Å². The molecule has 0 atom stereocenters. The maximum absolute atomic E-state index is 13.4. The van der Waals surface area contributed by atoms with Gasteiger partial charge in [-0.1, -0.05) is 11.6 Å². The number of esters is 1. The summed E-state index contributed by atoms with van der Waals surface area (Å²) in [5.74, 6) is -0.968. The van der Waals surface area contributed by atoms with Crippen LogP contribution in [0.4, 0.5) is 4.39 Å². The summed E-state index contributed by atoms with van der Waals surface area (Å²) in [6.07, 6.45) is 0. The number of carbonyl (C=O) groups excluding carboxylic acids is 1. The Morgan fingerprint density at radius 1 is 1.56 bits per heavy atom. The van der Waals surface area contributed by atoms with Crippen LogP contribution in [0.1, 0.15) is 17.4 Å². The molecular formula is C11H9ClFNO2. The van der Waals surface area contributed by atoms with Crippen molar-refractivity contribution in [1.29, 1.82) is 0 Å². The van der Waals surface area contributed by atoms with E-state index < -0.39 is 11.8 Å². The van der Waals surface area contributed by atoms with E-state index in [1.54, 1.807) is 6.92 Å². The molecule has 0 fully saturated rings. The lowest BCUT2D eigenvalue weighted by Crippen LogP contribution is -2.04. The van der Waals surface area contributed by atoms with Gasteiger partial charge in [0.05, 0.1) is 17.1 Å². The van der Waals surface area contributed by atoms with Crippen LogP contribution in [-0.4, -0.2) is 17.6 Å². The van der Waals surface area contributed by atoms with Crippen LogP contribution in [0.3, 0.4) is 0 Å². The summed E-state index contributed by atoms with van der Waals surface area (Å²) < 4.78 is 18.2. The minimum absolute atomic E-state index is 0.198. The van der Waals surface area contributed by atoms with Gasteiger partial charge in [0.1, 0.15) is 11.5 Å². The standard InChI is InChI=1S/C11H9ClFNO2/c1-2-16-11(15)9-5-6-7(12)3-4-8(13)10(6)14-9/h3-5,14H,2H2,1H3. The molecule has 1 aromatic heterocycles. The van der Waals surface area contributed by atoms with Crippen LogP contribution in [0.5, 0.6) is 0 Å². The van der Waals surface area contributed by atoms with E-state index in [2.05, 4.69) is 4.98 Å². The fourth-order valence-electron chi connectivity index (χ4n) is 1.47. The zero-order valence-corrected chi connectivity index (χ0v) is 9.27. The molecule has 0 aliphatic carbocycles. The third kappa shape index (κ3) is 1.76. The molecule has 0 radical (unpaired) electrons. The van der Waals surface area contributed by atoms with E-state index >= 15 is 0 Å². The highest BCUT2D eigenvalue weighted by molar-refractivity contribution is 6.35. The number of ether oxygens (including phenoxy) is 1. The molecule has 0 amide bonds. The highest BCUT2D eigenvalue weighted by atomic mass is 35.5. The Morgan fingerprint density at radius 3 is 2.94 bits per heavy atom. The highest BCUT2D eigenvalue weighted by Crippen LogP contribution is 2.26. The second-order valence-electron chi connectivity index (χ2n) is 3.22. The molecule has 1 N–H and O–H groups in total. The monoisotopic (exact) mass is 241 g/mol. The van der Waals surface area contributed by atoms with E-state index in [4.69, 9.17) is 16.3 Å². The van der Waals surface area contributed by atoms with Gasteiger partial charge >= 0.3 is 5.97 Å². The van der Waals surface area contributed by atoms with E-state index in [0.29, 0.717) is 10.4 Å². The van der Waals surface area contributed by atoms with Gasteiger partial charge in [0.25, 0.3) is 0 Å². The topological polar surface area (TPSA) is 42.1 Å². The fraction of sp³-hybridized carbons (Fsp3) is 0.182. The predicted octanol–water partition coefficient (Wildman–Crippen LogP) is 3.14. The van der Waals surface area contributed by atoms with Crippen molar-refractivity contribution in [3.8, 4) is 0 Å². The summed E-state index contributed by atoms with van der Waals surface area (Å²) in [4.78, 5) is 14.1. The normalized spacial score (nSPS) is 10.7. The maximum atomic E-state index is 13.4. The van der Waals surface area contributed by atoms with Crippen molar-refractivity contribution in [2.24, 2.45) is 0 Å². The molecule has 0 saturated heterocycles. The zero-order chi connectivity index (χ0) is 11.7. The highest BCUT2D eigenvalue weighted by Gasteiger charge is 2.14. The molecule has 0 spiro atoms. The van der Waals surface area contributed by atoms with E-state index in [9.17, 15) is 9.18 Å². The van der Waals surface area contributed by atoms with Crippen molar-refractivity contribution in [2.45, 2.75) is 6.92 Å². The van der Waals surface area contributed by atoms with Crippen molar-refractivity contribution in [3.05, 3.63) is 34.7 Å². The Balaban J connectivity index is 2.55. The Labute approximate surface area is 96.2 Å². The van der Waals surface area contributed by atoms with Gasteiger partial charge in [-0.3, -0.25) is 0 Å². The smallest absolute Gasteiger partial charge is 0.354 e. The first-order valence-corrected chi connectivity index (χ1v) is 5.15. The molecule has 16 heavy (non-hydrogen) atoms. The second-order valence-corrected chi connectivity index (χ2v) is 3.63. The number of benzene rings is 1. The van der Waals surface area contributed by atoms with E-state index in [1.807, 2.05) is 0 Å². The lowest BCUT2D eigenvalue weighted by atomic mass is 10.2. The van der Waals surface area contributed by atoms with Crippen LogP contribution in [0, 0.1) is 5.82 Å². The number of fused-ring (bicyclic) bond motifs is 1. The number of hydrogen-bond donors (Lipinski definition) is 1. The van der Waals surface area contributed by atoms with Crippen molar-refractivity contribution >= 4 is 28.5 Å². The third-order valence-electron chi connectivity index (χ3n) is 2.19. The van der Waals surface area contributed by atoms with E-state index in [1.165, 1.54) is 18.2 Å². The molecule has 1 aromatic carbocycles. The average Bonchev–Trinajstić information content (AvgIpc) is 2.70. The van der Waals surface area contributed by atoms with Crippen LogP contribution in [0.15, 0.2) is 18.2 Å². The lowest BCUT2D eigenvalue weighted by molar-refractivity contribution is 0.0520. The number of aromatic amines is 1. The second kappa shape index (κ2) is 4.14. The van der Waals surface area contributed by atoms with Gasteiger partial charge in [0.2, 0.25) is 0 Å². The Morgan fingerprint density at radius 2 is 2.31 bits per heavy atom. The van der Waals surface area contributed by atoms with Gasteiger partial charge in [-0.2, -0.15) is 0 Å².